The molecule has 2 heterocycles. The molecule has 2 saturated heterocycles. The standard InChI is InChI=1S/C22H21N3O7/c1-31-18-9-8-14(10-16(18)25(29)30)19-15(21(27)32-2)11-17-20(26)23(22(28)24(17)19)12-13-6-4-3-5-7-13/h3-10,15,17,19H,11-12H2,1-2H3. The molecule has 10 nitrogen and oxygen atoms in total. The number of benzene rings is 2. The highest BCUT2D eigenvalue weighted by Crippen LogP contribution is 2.47. The minimum absolute atomic E-state index is 0.0532. The Morgan fingerprint density at radius 1 is 1.16 bits per heavy atom. The van der Waals surface area contributed by atoms with Gasteiger partial charge in [0.25, 0.3) is 5.91 Å². The molecule has 4 rings (SSSR count). The van der Waals surface area contributed by atoms with E-state index in [-0.39, 0.29) is 24.4 Å². The second kappa shape index (κ2) is 8.29. The van der Waals surface area contributed by atoms with Crippen LogP contribution < -0.4 is 4.74 Å². The smallest absolute Gasteiger partial charge is 0.328 e. The Hall–Kier alpha value is -3.95. The van der Waals surface area contributed by atoms with Crippen LogP contribution in [0, 0.1) is 16.0 Å². The summed E-state index contributed by atoms with van der Waals surface area (Å²) >= 11 is 0. The molecule has 2 aliphatic rings. The molecule has 3 amide bonds. The summed E-state index contributed by atoms with van der Waals surface area (Å²) in [6, 6.07) is 11.1. The number of amides is 3. The van der Waals surface area contributed by atoms with E-state index in [1.807, 2.05) is 30.3 Å². The molecule has 3 unspecified atom stereocenters. The number of fused-ring (bicyclic) bond motifs is 1. The van der Waals surface area contributed by atoms with Crippen LogP contribution in [-0.4, -0.2) is 52.9 Å². The number of nitro groups is 1. The third kappa shape index (κ3) is 3.43. The molecule has 32 heavy (non-hydrogen) atoms. The first-order chi connectivity index (χ1) is 15.4. The number of rotatable bonds is 6. The van der Waals surface area contributed by atoms with Gasteiger partial charge in [0.1, 0.15) is 6.04 Å². The van der Waals surface area contributed by atoms with Gasteiger partial charge >= 0.3 is 17.7 Å². The van der Waals surface area contributed by atoms with Crippen molar-refractivity contribution in [1.82, 2.24) is 9.80 Å². The third-order valence-corrected chi connectivity index (χ3v) is 5.93. The maximum atomic E-state index is 13.3. The number of carbonyl (C=O) groups is 3. The largest absolute Gasteiger partial charge is 0.490 e. The van der Waals surface area contributed by atoms with Crippen LogP contribution in [0.1, 0.15) is 23.6 Å². The summed E-state index contributed by atoms with van der Waals surface area (Å²) < 4.78 is 9.96. The predicted octanol–water partition coefficient (Wildman–Crippen LogP) is 2.67. The van der Waals surface area contributed by atoms with Crippen LogP contribution in [0.2, 0.25) is 0 Å². The molecule has 0 bridgehead atoms. The topological polar surface area (TPSA) is 119 Å². The van der Waals surface area contributed by atoms with E-state index >= 15 is 0 Å². The van der Waals surface area contributed by atoms with Crippen LogP contribution in [0.3, 0.4) is 0 Å². The van der Waals surface area contributed by atoms with E-state index in [0.717, 1.165) is 10.5 Å². The summed E-state index contributed by atoms with van der Waals surface area (Å²) in [5.74, 6) is -1.77. The number of esters is 1. The number of urea groups is 1. The van der Waals surface area contributed by atoms with Gasteiger partial charge in [0.05, 0.1) is 37.6 Å². The van der Waals surface area contributed by atoms with Gasteiger partial charge in [0.15, 0.2) is 5.75 Å². The maximum absolute atomic E-state index is 13.3. The number of hydrogen-bond donors (Lipinski definition) is 0. The predicted molar refractivity (Wildman–Crippen MR) is 111 cm³/mol. The Bertz CT molecular complexity index is 1090. The fourth-order valence-electron chi connectivity index (χ4n) is 4.47. The molecule has 2 aromatic rings. The van der Waals surface area contributed by atoms with Crippen LogP contribution in [0.4, 0.5) is 10.5 Å². The van der Waals surface area contributed by atoms with Crippen LogP contribution in [-0.2, 0) is 20.9 Å². The second-order valence-corrected chi connectivity index (χ2v) is 7.61. The normalized spacial score (nSPS) is 22.1. The molecule has 0 N–H and O–H groups in total. The zero-order valence-corrected chi connectivity index (χ0v) is 17.5. The third-order valence-electron chi connectivity index (χ3n) is 5.93. The van der Waals surface area contributed by atoms with E-state index in [1.54, 1.807) is 6.07 Å². The van der Waals surface area contributed by atoms with Crippen molar-refractivity contribution in [2.45, 2.75) is 25.0 Å². The van der Waals surface area contributed by atoms with Gasteiger partial charge < -0.3 is 14.4 Å². The highest BCUT2D eigenvalue weighted by atomic mass is 16.6. The molecule has 10 heteroatoms. The van der Waals surface area contributed by atoms with Crippen molar-refractivity contribution < 1.29 is 28.8 Å². The lowest BCUT2D eigenvalue weighted by molar-refractivity contribution is -0.385. The number of hydrogen-bond acceptors (Lipinski definition) is 7. The molecule has 2 fully saturated rings. The Balaban J connectivity index is 1.74. The van der Waals surface area contributed by atoms with E-state index in [0.29, 0.717) is 5.56 Å². The minimum atomic E-state index is -0.880. The minimum Gasteiger partial charge on any atom is -0.490 e. The van der Waals surface area contributed by atoms with Crippen molar-refractivity contribution in [3.63, 3.8) is 0 Å². The molecule has 0 radical (unpaired) electrons. The molecule has 0 aromatic heterocycles. The average Bonchev–Trinajstić information content (AvgIpc) is 3.31. The monoisotopic (exact) mass is 439 g/mol. The van der Waals surface area contributed by atoms with E-state index in [1.165, 1.54) is 31.3 Å². The van der Waals surface area contributed by atoms with Crippen molar-refractivity contribution in [2.75, 3.05) is 14.2 Å². The molecule has 2 aromatic carbocycles. The summed E-state index contributed by atoms with van der Waals surface area (Å²) in [6.07, 6.45) is 0.0764. The van der Waals surface area contributed by atoms with Gasteiger partial charge in [-0.05, 0) is 23.6 Å². The van der Waals surface area contributed by atoms with Crippen LogP contribution in [0.25, 0.3) is 0 Å². The van der Waals surface area contributed by atoms with Gasteiger partial charge in [-0.15, -0.1) is 0 Å². The quantitative estimate of drug-likeness (QED) is 0.294. The summed E-state index contributed by atoms with van der Waals surface area (Å²) in [5, 5.41) is 11.5. The van der Waals surface area contributed by atoms with Crippen molar-refractivity contribution in [3.8, 4) is 5.75 Å². The molecule has 166 valence electrons. The van der Waals surface area contributed by atoms with Crippen molar-refractivity contribution in [3.05, 3.63) is 69.8 Å². The van der Waals surface area contributed by atoms with Gasteiger partial charge in [-0.1, -0.05) is 36.4 Å². The number of nitrogens with zero attached hydrogens (tertiary/aromatic N) is 3. The molecular formula is C22H21N3O7. The number of ether oxygens (including phenoxy) is 2. The molecule has 2 aliphatic heterocycles. The number of nitro benzene ring substituents is 1. The lowest BCUT2D eigenvalue weighted by atomic mass is 9.92. The average molecular weight is 439 g/mol. The summed E-state index contributed by atoms with van der Waals surface area (Å²) in [7, 11) is 2.54. The van der Waals surface area contributed by atoms with Crippen molar-refractivity contribution in [2.24, 2.45) is 5.92 Å². The fourth-order valence-corrected chi connectivity index (χ4v) is 4.47. The summed E-state index contributed by atoms with van der Waals surface area (Å²) in [6.45, 7) is 0.101. The van der Waals surface area contributed by atoms with E-state index in [2.05, 4.69) is 0 Å². The highest BCUT2D eigenvalue weighted by Gasteiger charge is 2.58. The molecule has 3 atom stereocenters. The first-order valence-corrected chi connectivity index (χ1v) is 9.95. The lowest BCUT2D eigenvalue weighted by Gasteiger charge is -2.27. The van der Waals surface area contributed by atoms with E-state index in [4.69, 9.17) is 9.47 Å². The molecule has 0 saturated carbocycles. The van der Waals surface area contributed by atoms with Gasteiger partial charge in [-0.2, -0.15) is 0 Å². The van der Waals surface area contributed by atoms with Crippen molar-refractivity contribution >= 4 is 23.6 Å². The first-order valence-electron chi connectivity index (χ1n) is 9.95. The van der Waals surface area contributed by atoms with Crippen LogP contribution >= 0.6 is 0 Å². The number of methoxy groups -OCH3 is 2. The second-order valence-electron chi connectivity index (χ2n) is 7.61. The van der Waals surface area contributed by atoms with Gasteiger partial charge in [-0.25, -0.2) is 4.79 Å². The molecular weight excluding hydrogens is 418 g/mol. The Morgan fingerprint density at radius 2 is 1.88 bits per heavy atom. The van der Waals surface area contributed by atoms with Gasteiger partial charge in [-0.3, -0.25) is 24.6 Å². The maximum Gasteiger partial charge on any atom is 0.328 e. The number of imide groups is 1. The zero-order chi connectivity index (χ0) is 23.0. The molecule has 0 aliphatic carbocycles. The Kier molecular flexibility index (Phi) is 5.52. The van der Waals surface area contributed by atoms with Gasteiger partial charge in [0.2, 0.25) is 0 Å². The zero-order valence-electron chi connectivity index (χ0n) is 17.5. The molecule has 0 spiro atoms. The summed E-state index contributed by atoms with van der Waals surface area (Å²) in [4.78, 5) is 52.3. The summed E-state index contributed by atoms with van der Waals surface area (Å²) in [5.41, 5.74) is 0.853. The van der Waals surface area contributed by atoms with E-state index in [9.17, 15) is 24.5 Å². The van der Waals surface area contributed by atoms with Gasteiger partial charge in [0, 0.05) is 6.07 Å². The Morgan fingerprint density at radius 3 is 2.50 bits per heavy atom. The highest BCUT2D eigenvalue weighted by molar-refractivity contribution is 6.05. The first kappa shape index (κ1) is 21.3. The lowest BCUT2D eigenvalue weighted by Crippen LogP contribution is -2.37. The van der Waals surface area contributed by atoms with Crippen molar-refractivity contribution in [1.29, 1.82) is 0 Å². The van der Waals surface area contributed by atoms with E-state index < -0.39 is 40.8 Å². The SMILES string of the molecule is COC(=O)C1CC2C(=O)N(Cc3ccccc3)C(=O)N2C1c1ccc(OC)c([N+](=O)[O-])c1. The number of carbonyl (C=O) groups excluding carboxylic acids is 3. The fraction of sp³-hybridized carbons (Fsp3) is 0.318. The van der Waals surface area contributed by atoms with Crippen LogP contribution in [0.15, 0.2) is 48.5 Å². The van der Waals surface area contributed by atoms with Crippen LogP contribution in [0.5, 0.6) is 5.75 Å². The Labute approximate surface area is 183 Å².